The van der Waals surface area contributed by atoms with Gasteiger partial charge in [0, 0.05) is 26.6 Å². The number of methoxy groups -OCH3 is 1. The number of nitrogens with two attached hydrogens (primary N) is 1. The molecule has 0 saturated heterocycles. The molecule has 0 aliphatic heterocycles. The minimum Gasteiger partial charge on any atom is -0.383 e. The van der Waals surface area contributed by atoms with Crippen molar-refractivity contribution in [2.45, 2.75) is 11.3 Å². The topological polar surface area (TPSA) is 136 Å². The minimum absolute atomic E-state index is 0.0125. The van der Waals surface area contributed by atoms with Crippen molar-refractivity contribution in [1.82, 2.24) is 20.0 Å². The van der Waals surface area contributed by atoms with Gasteiger partial charge in [-0.25, -0.2) is 23.1 Å². The zero-order chi connectivity index (χ0) is 15.0. The van der Waals surface area contributed by atoms with Gasteiger partial charge in [-0.3, -0.25) is 4.79 Å². The number of anilines is 1. The van der Waals surface area contributed by atoms with E-state index in [2.05, 4.69) is 20.0 Å². The van der Waals surface area contributed by atoms with Crippen LogP contribution in [0.15, 0.2) is 17.3 Å². The average molecular weight is 303 g/mol. The van der Waals surface area contributed by atoms with E-state index in [1.54, 1.807) is 0 Å². The Morgan fingerprint density at radius 2 is 2.00 bits per heavy atom. The highest BCUT2D eigenvalue weighted by Gasteiger charge is 2.15. The standard InChI is InChI=1S/C10H17N5O4S/c1-19-5-4-12-9(16)2-3-15-20(17,18)8-6-13-10(11)14-7-8/h6-7,15H,2-5H2,1H3,(H,12,16)(H2,11,13,14). The van der Waals surface area contributed by atoms with Crippen LogP contribution in [-0.4, -0.2) is 51.1 Å². The lowest BCUT2D eigenvalue weighted by Crippen LogP contribution is -2.32. The first-order valence-electron chi connectivity index (χ1n) is 5.78. The summed E-state index contributed by atoms with van der Waals surface area (Å²) in [5.74, 6) is -0.278. The number of ether oxygens (including phenoxy) is 1. The van der Waals surface area contributed by atoms with E-state index in [1.165, 1.54) is 7.11 Å². The van der Waals surface area contributed by atoms with E-state index in [-0.39, 0.29) is 29.7 Å². The van der Waals surface area contributed by atoms with Gasteiger partial charge in [-0.2, -0.15) is 0 Å². The van der Waals surface area contributed by atoms with Crippen LogP contribution in [-0.2, 0) is 19.6 Å². The summed E-state index contributed by atoms with van der Waals surface area (Å²) in [6.45, 7) is 0.764. The first kappa shape index (κ1) is 16.3. The zero-order valence-corrected chi connectivity index (χ0v) is 11.8. The summed E-state index contributed by atoms with van der Waals surface area (Å²) in [5.41, 5.74) is 5.27. The number of aromatic nitrogens is 2. The molecule has 1 heterocycles. The highest BCUT2D eigenvalue weighted by molar-refractivity contribution is 7.89. The number of rotatable bonds is 8. The van der Waals surface area contributed by atoms with Crippen LogP contribution in [0.5, 0.6) is 0 Å². The van der Waals surface area contributed by atoms with Crippen molar-refractivity contribution in [3.05, 3.63) is 12.4 Å². The Morgan fingerprint density at radius 1 is 1.35 bits per heavy atom. The van der Waals surface area contributed by atoms with Gasteiger partial charge in [0.25, 0.3) is 0 Å². The predicted octanol–water partition coefficient (Wildman–Crippen LogP) is -1.51. The lowest BCUT2D eigenvalue weighted by atomic mass is 10.4. The van der Waals surface area contributed by atoms with Crippen LogP contribution < -0.4 is 15.8 Å². The fourth-order valence-electron chi connectivity index (χ4n) is 1.23. The Hall–Kier alpha value is -1.78. The third-order valence-electron chi connectivity index (χ3n) is 2.23. The summed E-state index contributed by atoms with van der Waals surface area (Å²) in [6, 6.07) is 0. The second-order valence-electron chi connectivity index (χ2n) is 3.77. The number of carbonyl (C=O) groups is 1. The maximum Gasteiger partial charge on any atom is 0.243 e. The number of nitrogen functional groups attached to an aromatic ring is 1. The van der Waals surface area contributed by atoms with Crippen LogP contribution in [0.3, 0.4) is 0 Å². The zero-order valence-electron chi connectivity index (χ0n) is 11.0. The van der Waals surface area contributed by atoms with Crippen LogP contribution >= 0.6 is 0 Å². The third-order valence-corrected chi connectivity index (χ3v) is 3.65. The van der Waals surface area contributed by atoms with E-state index in [0.29, 0.717) is 13.2 Å². The maximum atomic E-state index is 11.8. The van der Waals surface area contributed by atoms with Gasteiger partial charge in [-0.15, -0.1) is 0 Å². The Morgan fingerprint density at radius 3 is 2.60 bits per heavy atom. The molecule has 1 rings (SSSR count). The number of hydrogen-bond donors (Lipinski definition) is 3. The molecule has 0 spiro atoms. The van der Waals surface area contributed by atoms with Crippen molar-refractivity contribution in [1.29, 1.82) is 0 Å². The predicted molar refractivity (Wildman–Crippen MR) is 71.1 cm³/mol. The van der Waals surface area contributed by atoms with Gasteiger partial charge >= 0.3 is 0 Å². The van der Waals surface area contributed by atoms with Gasteiger partial charge in [-0.1, -0.05) is 0 Å². The summed E-state index contributed by atoms with van der Waals surface area (Å²) >= 11 is 0. The molecule has 10 heteroatoms. The van der Waals surface area contributed by atoms with Crippen molar-refractivity contribution in [2.24, 2.45) is 0 Å². The Balaban J connectivity index is 2.40. The summed E-state index contributed by atoms with van der Waals surface area (Å²) in [6.07, 6.45) is 2.23. The number of nitrogens with one attached hydrogen (secondary N) is 2. The molecule has 0 radical (unpaired) electrons. The number of sulfonamides is 1. The highest BCUT2D eigenvalue weighted by atomic mass is 32.2. The van der Waals surface area contributed by atoms with E-state index in [1.807, 2.05) is 0 Å². The molecule has 0 aliphatic carbocycles. The van der Waals surface area contributed by atoms with Gasteiger partial charge in [0.15, 0.2) is 0 Å². The van der Waals surface area contributed by atoms with Crippen LogP contribution in [0, 0.1) is 0 Å². The number of hydrogen-bond acceptors (Lipinski definition) is 7. The molecule has 0 fully saturated rings. The first-order valence-corrected chi connectivity index (χ1v) is 7.27. The average Bonchev–Trinajstić information content (AvgIpc) is 2.39. The van der Waals surface area contributed by atoms with Crippen molar-refractivity contribution in [3.8, 4) is 0 Å². The van der Waals surface area contributed by atoms with Gasteiger partial charge in [0.1, 0.15) is 4.90 Å². The highest BCUT2D eigenvalue weighted by Crippen LogP contribution is 2.05. The molecular formula is C10H17N5O4S. The van der Waals surface area contributed by atoms with Crippen LogP contribution in [0.2, 0.25) is 0 Å². The largest absolute Gasteiger partial charge is 0.383 e. The molecule has 1 aromatic heterocycles. The molecule has 1 amide bonds. The van der Waals surface area contributed by atoms with Gasteiger partial charge in [-0.05, 0) is 0 Å². The quantitative estimate of drug-likeness (QED) is 0.496. The third kappa shape index (κ3) is 5.47. The first-order chi connectivity index (χ1) is 9.45. The Labute approximate surface area is 117 Å². The molecule has 0 aliphatic rings. The fraction of sp³-hybridized carbons (Fsp3) is 0.500. The maximum absolute atomic E-state index is 11.8. The molecule has 9 nitrogen and oxygen atoms in total. The minimum atomic E-state index is -3.73. The van der Waals surface area contributed by atoms with E-state index in [9.17, 15) is 13.2 Å². The monoisotopic (exact) mass is 303 g/mol. The summed E-state index contributed by atoms with van der Waals surface area (Å²) < 4.78 is 30.6. The second kappa shape index (κ2) is 7.72. The van der Waals surface area contributed by atoms with Crippen molar-refractivity contribution in [3.63, 3.8) is 0 Å². The molecule has 0 unspecified atom stereocenters. The smallest absolute Gasteiger partial charge is 0.243 e. The summed E-state index contributed by atoms with van der Waals surface area (Å²) in [7, 11) is -2.21. The number of nitrogens with zero attached hydrogens (tertiary/aromatic N) is 2. The molecule has 4 N–H and O–H groups in total. The van der Waals surface area contributed by atoms with E-state index in [0.717, 1.165) is 12.4 Å². The summed E-state index contributed by atoms with van der Waals surface area (Å²) in [4.78, 5) is 18.4. The molecular weight excluding hydrogens is 286 g/mol. The molecule has 112 valence electrons. The second-order valence-corrected chi connectivity index (χ2v) is 5.53. The molecule has 0 aromatic carbocycles. The molecule has 1 aromatic rings. The van der Waals surface area contributed by atoms with E-state index < -0.39 is 10.0 Å². The van der Waals surface area contributed by atoms with Gasteiger partial charge in [0.2, 0.25) is 21.9 Å². The van der Waals surface area contributed by atoms with Crippen molar-refractivity contribution < 1.29 is 17.9 Å². The number of carbonyl (C=O) groups excluding carboxylic acids is 1. The molecule has 0 atom stereocenters. The van der Waals surface area contributed by atoms with Crippen molar-refractivity contribution in [2.75, 3.05) is 32.5 Å². The van der Waals surface area contributed by atoms with Gasteiger partial charge in [0.05, 0.1) is 19.0 Å². The molecule has 0 saturated carbocycles. The Bertz CT molecular complexity index is 531. The van der Waals surface area contributed by atoms with Gasteiger partial charge < -0.3 is 15.8 Å². The summed E-state index contributed by atoms with van der Waals surface area (Å²) in [5, 5.41) is 2.58. The van der Waals surface area contributed by atoms with Crippen molar-refractivity contribution >= 4 is 21.9 Å². The number of amides is 1. The van der Waals surface area contributed by atoms with Crippen LogP contribution in [0.25, 0.3) is 0 Å². The SMILES string of the molecule is COCCNC(=O)CCNS(=O)(=O)c1cnc(N)nc1. The lowest BCUT2D eigenvalue weighted by Gasteiger charge is -2.07. The van der Waals surface area contributed by atoms with Crippen LogP contribution in [0.1, 0.15) is 6.42 Å². The van der Waals surface area contributed by atoms with E-state index >= 15 is 0 Å². The normalized spacial score (nSPS) is 11.2. The van der Waals surface area contributed by atoms with E-state index in [4.69, 9.17) is 10.5 Å². The van der Waals surface area contributed by atoms with Crippen LogP contribution in [0.4, 0.5) is 5.95 Å². The fourth-order valence-corrected chi connectivity index (χ4v) is 2.15. The lowest BCUT2D eigenvalue weighted by molar-refractivity contribution is -0.121. The Kier molecular flexibility index (Phi) is 6.28. The molecule has 0 bridgehead atoms. The molecule has 20 heavy (non-hydrogen) atoms.